The van der Waals surface area contributed by atoms with Crippen molar-refractivity contribution in [1.29, 1.82) is 0 Å². The Morgan fingerprint density at radius 1 is 1.15 bits per heavy atom. The van der Waals surface area contributed by atoms with Crippen LogP contribution in [0.1, 0.15) is 5.56 Å². The van der Waals surface area contributed by atoms with E-state index in [-0.39, 0.29) is 4.90 Å². The van der Waals surface area contributed by atoms with Crippen LogP contribution in [-0.4, -0.2) is 19.8 Å². The average molecular weight is 355 g/mol. The molecule has 0 unspecified atom stereocenters. The van der Waals surface area contributed by atoms with Crippen molar-refractivity contribution in [3.63, 3.8) is 0 Å². The summed E-state index contributed by atoms with van der Waals surface area (Å²) in [5.41, 5.74) is 6.99. The Labute approximate surface area is 127 Å². The molecule has 0 saturated carbocycles. The number of hydrogen-bond donors (Lipinski definition) is 1. The molecule has 0 amide bonds. The van der Waals surface area contributed by atoms with E-state index in [1.54, 1.807) is 25.2 Å². The Hall–Kier alpha value is -1.37. The minimum Gasteiger partial charge on any atom is -0.399 e. The molecule has 0 fully saturated rings. The molecule has 0 aliphatic rings. The molecule has 0 heterocycles. The summed E-state index contributed by atoms with van der Waals surface area (Å²) in [6.07, 6.45) is 0. The molecule has 0 atom stereocenters. The molecule has 2 rings (SSSR count). The first-order valence-electron chi connectivity index (χ1n) is 5.96. The highest BCUT2D eigenvalue weighted by Crippen LogP contribution is 2.19. The van der Waals surface area contributed by atoms with E-state index in [0.717, 1.165) is 10.0 Å². The number of hydrogen-bond acceptors (Lipinski definition) is 3. The summed E-state index contributed by atoms with van der Waals surface area (Å²) in [6.45, 7) is 0.310. The summed E-state index contributed by atoms with van der Waals surface area (Å²) in [7, 11) is -1.97. The Morgan fingerprint density at radius 3 is 2.40 bits per heavy atom. The number of nitrogens with two attached hydrogens (primary N) is 1. The van der Waals surface area contributed by atoms with Gasteiger partial charge in [-0.1, -0.05) is 34.1 Å². The summed E-state index contributed by atoms with van der Waals surface area (Å²) in [6, 6.07) is 13.8. The smallest absolute Gasteiger partial charge is 0.243 e. The van der Waals surface area contributed by atoms with E-state index in [1.807, 2.05) is 24.3 Å². The number of halogens is 1. The van der Waals surface area contributed by atoms with Gasteiger partial charge in [0.25, 0.3) is 0 Å². The molecule has 0 bridgehead atoms. The fraction of sp³-hybridized carbons (Fsp3) is 0.143. The van der Waals surface area contributed by atoms with Gasteiger partial charge < -0.3 is 5.73 Å². The van der Waals surface area contributed by atoms with E-state index in [0.29, 0.717) is 12.2 Å². The number of sulfonamides is 1. The van der Waals surface area contributed by atoms with Crippen molar-refractivity contribution in [2.24, 2.45) is 0 Å². The lowest BCUT2D eigenvalue weighted by Gasteiger charge is -2.17. The molecule has 0 aromatic heterocycles. The normalized spacial score (nSPS) is 11.8. The summed E-state index contributed by atoms with van der Waals surface area (Å²) >= 11 is 3.35. The molecule has 0 aliphatic heterocycles. The highest BCUT2D eigenvalue weighted by atomic mass is 79.9. The minimum atomic E-state index is -3.53. The van der Waals surface area contributed by atoms with Gasteiger partial charge in [0.1, 0.15) is 0 Å². The molecule has 2 N–H and O–H groups in total. The second kappa shape index (κ2) is 5.95. The van der Waals surface area contributed by atoms with Crippen molar-refractivity contribution < 1.29 is 8.42 Å². The molecule has 0 spiro atoms. The molecular weight excluding hydrogens is 340 g/mol. The Balaban J connectivity index is 2.23. The Morgan fingerprint density at radius 2 is 1.80 bits per heavy atom. The van der Waals surface area contributed by atoms with Crippen LogP contribution in [0.15, 0.2) is 57.9 Å². The Bertz CT molecular complexity index is 699. The van der Waals surface area contributed by atoms with Crippen molar-refractivity contribution in [2.75, 3.05) is 12.8 Å². The third-order valence-electron chi connectivity index (χ3n) is 2.88. The lowest BCUT2D eigenvalue weighted by Crippen LogP contribution is -2.26. The second-order valence-electron chi connectivity index (χ2n) is 4.46. The van der Waals surface area contributed by atoms with Gasteiger partial charge in [0.05, 0.1) is 4.90 Å². The van der Waals surface area contributed by atoms with Gasteiger partial charge in [-0.3, -0.25) is 0 Å². The van der Waals surface area contributed by atoms with Crippen LogP contribution in [-0.2, 0) is 16.6 Å². The van der Waals surface area contributed by atoms with E-state index in [9.17, 15) is 8.42 Å². The maximum Gasteiger partial charge on any atom is 0.243 e. The van der Waals surface area contributed by atoms with Crippen molar-refractivity contribution in [3.8, 4) is 0 Å². The zero-order chi connectivity index (χ0) is 14.8. The van der Waals surface area contributed by atoms with Gasteiger partial charge in [-0.25, -0.2) is 8.42 Å². The second-order valence-corrected chi connectivity index (χ2v) is 7.42. The topological polar surface area (TPSA) is 63.4 Å². The Kier molecular flexibility index (Phi) is 4.47. The first kappa shape index (κ1) is 15.0. The number of anilines is 1. The van der Waals surface area contributed by atoms with E-state index >= 15 is 0 Å². The molecule has 0 saturated heterocycles. The van der Waals surface area contributed by atoms with Crippen LogP contribution in [0.5, 0.6) is 0 Å². The quantitative estimate of drug-likeness (QED) is 0.858. The fourth-order valence-electron chi connectivity index (χ4n) is 1.79. The van der Waals surface area contributed by atoms with E-state index in [1.165, 1.54) is 10.4 Å². The standard InChI is InChI=1S/C14H15BrN2O2S/c1-17(10-11-5-7-12(15)8-6-11)20(18,19)14-4-2-3-13(16)9-14/h2-9H,10,16H2,1H3. The van der Waals surface area contributed by atoms with Gasteiger partial charge in [0.15, 0.2) is 0 Å². The van der Waals surface area contributed by atoms with Gasteiger partial charge in [-0.05, 0) is 35.9 Å². The predicted octanol–water partition coefficient (Wildman–Crippen LogP) is 2.85. The molecule has 6 heteroatoms. The number of nitrogens with zero attached hydrogens (tertiary/aromatic N) is 1. The third kappa shape index (κ3) is 3.39. The van der Waals surface area contributed by atoms with Crippen LogP contribution in [0.4, 0.5) is 5.69 Å². The highest BCUT2D eigenvalue weighted by Gasteiger charge is 2.20. The average Bonchev–Trinajstić information content (AvgIpc) is 2.41. The monoisotopic (exact) mass is 354 g/mol. The first-order valence-corrected chi connectivity index (χ1v) is 8.19. The molecular formula is C14H15BrN2O2S. The van der Waals surface area contributed by atoms with Crippen molar-refractivity contribution >= 4 is 31.6 Å². The SMILES string of the molecule is CN(Cc1ccc(Br)cc1)S(=O)(=O)c1cccc(N)c1. The predicted molar refractivity (Wildman–Crippen MR) is 83.6 cm³/mol. The third-order valence-corrected chi connectivity index (χ3v) is 5.21. The van der Waals surface area contributed by atoms with Gasteiger partial charge in [-0.2, -0.15) is 4.31 Å². The largest absolute Gasteiger partial charge is 0.399 e. The molecule has 0 aliphatic carbocycles. The molecule has 2 aromatic rings. The highest BCUT2D eigenvalue weighted by molar-refractivity contribution is 9.10. The molecule has 20 heavy (non-hydrogen) atoms. The van der Waals surface area contributed by atoms with Gasteiger partial charge in [0.2, 0.25) is 10.0 Å². The zero-order valence-electron chi connectivity index (χ0n) is 11.0. The lowest BCUT2D eigenvalue weighted by atomic mass is 10.2. The molecule has 4 nitrogen and oxygen atoms in total. The van der Waals surface area contributed by atoms with E-state index in [2.05, 4.69) is 15.9 Å². The first-order chi connectivity index (χ1) is 9.39. The van der Waals surface area contributed by atoms with E-state index < -0.39 is 10.0 Å². The number of nitrogen functional groups attached to an aromatic ring is 1. The van der Waals surface area contributed by atoms with Crippen LogP contribution < -0.4 is 5.73 Å². The molecule has 106 valence electrons. The summed E-state index contributed by atoms with van der Waals surface area (Å²) in [5, 5.41) is 0. The van der Waals surface area contributed by atoms with Gasteiger partial charge in [-0.15, -0.1) is 0 Å². The van der Waals surface area contributed by atoms with Gasteiger partial charge >= 0.3 is 0 Å². The fourth-order valence-corrected chi connectivity index (χ4v) is 3.27. The van der Waals surface area contributed by atoms with E-state index in [4.69, 9.17) is 5.73 Å². The summed E-state index contributed by atoms with van der Waals surface area (Å²) < 4.78 is 27.1. The van der Waals surface area contributed by atoms with Crippen molar-refractivity contribution in [1.82, 2.24) is 4.31 Å². The lowest BCUT2D eigenvalue weighted by molar-refractivity contribution is 0.467. The number of benzene rings is 2. The zero-order valence-corrected chi connectivity index (χ0v) is 13.4. The van der Waals surface area contributed by atoms with Crippen LogP contribution >= 0.6 is 15.9 Å². The van der Waals surface area contributed by atoms with Crippen molar-refractivity contribution in [2.45, 2.75) is 11.4 Å². The van der Waals surface area contributed by atoms with Crippen LogP contribution in [0.25, 0.3) is 0 Å². The maximum absolute atomic E-state index is 12.4. The number of rotatable bonds is 4. The van der Waals surface area contributed by atoms with Gasteiger partial charge in [0, 0.05) is 23.8 Å². The van der Waals surface area contributed by atoms with Crippen molar-refractivity contribution in [3.05, 3.63) is 58.6 Å². The molecule has 0 radical (unpaired) electrons. The van der Waals surface area contributed by atoms with Crippen LogP contribution in [0.3, 0.4) is 0 Å². The minimum absolute atomic E-state index is 0.206. The van der Waals surface area contributed by atoms with Crippen LogP contribution in [0, 0.1) is 0 Å². The van der Waals surface area contributed by atoms with Crippen LogP contribution in [0.2, 0.25) is 0 Å². The summed E-state index contributed by atoms with van der Waals surface area (Å²) in [4.78, 5) is 0.206. The maximum atomic E-state index is 12.4. The summed E-state index contributed by atoms with van der Waals surface area (Å²) in [5.74, 6) is 0. The molecule has 2 aromatic carbocycles.